The number of benzene rings is 2. The van der Waals surface area contributed by atoms with Crippen LogP contribution in [0, 0.1) is 0 Å². The van der Waals surface area contributed by atoms with Crippen LogP contribution in [-0.4, -0.2) is 43.0 Å². The van der Waals surface area contributed by atoms with E-state index in [9.17, 15) is 9.90 Å². The van der Waals surface area contributed by atoms with Crippen molar-refractivity contribution in [3.8, 4) is 11.4 Å². The zero-order chi connectivity index (χ0) is 19.9. The van der Waals surface area contributed by atoms with E-state index in [1.165, 1.54) is 17.3 Å². The Kier molecular flexibility index (Phi) is 6.65. The van der Waals surface area contributed by atoms with Gasteiger partial charge < -0.3 is 10.4 Å². The number of amides is 1. The Morgan fingerprint density at radius 2 is 1.89 bits per heavy atom. The van der Waals surface area contributed by atoms with Crippen molar-refractivity contribution in [3.63, 3.8) is 0 Å². The molecule has 8 heteroatoms. The summed E-state index contributed by atoms with van der Waals surface area (Å²) in [5, 5.41) is 24.3. The molecule has 146 valence electrons. The van der Waals surface area contributed by atoms with Gasteiger partial charge in [-0.3, -0.25) is 4.79 Å². The van der Waals surface area contributed by atoms with Gasteiger partial charge in [-0.25, -0.2) is 0 Å². The number of hydrogen-bond donors (Lipinski definition) is 2. The minimum absolute atomic E-state index is 0.0559. The second kappa shape index (κ2) is 9.36. The molecule has 2 N–H and O–H groups in total. The molecule has 0 aliphatic heterocycles. The quantitative estimate of drug-likeness (QED) is 0.567. The van der Waals surface area contributed by atoms with Gasteiger partial charge >= 0.3 is 0 Å². The van der Waals surface area contributed by atoms with Crippen LogP contribution in [0.2, 0.25) is 0 Å². The summed E-state index contributed by atoms with van der Waals surface area (Å²) in [4.78, 5) is 12.6. The van der Waals surface area contributed by atoms with Crippen LogP contribution in [0.25, 0.3) is 5.69 Å². The molecule has 28 heavy (non-hydrogen) atoms. The fraction of sp³-hybridized carbons (Fsp3) is 0.300. The molecule has 0 fully saturated rings. The molecule has 0 bridgehead atoms. The predicted octanol–water partition coefficient (Wildman–Crippen LogP) is 3.16. The number of aromatic hydroxyl groups is 1. The van der Waals surface area contributed by atoms with Crippen LogP contribution in [0.1, 0.15) is 31.7 Å². The van der Waals surface area contributed by atoms with Crippen molar-refractivity contribution in [3.05, 3.63) is 60.2 Å². The van der Waals surface area contributed by atoms with Gasteiger partial charge in [-0.2, -0.15) is 4.68 Å². The van der Waals surface area contributed by atoms with Gasteiger partial charge in [0.25, 0.3) is 0 Å². The lowest BCUT2D eigenvalue weighted by atomic mass is 9.96. The summed E-state index contributed by atoms with van der Waals surface area (Å²) < 4.78 is 1.55. The topological polar surface area (TPSA) is 92.9 Å². The van der Waals surface area contributed by atoms with Crippen molar-refractivity contribution in [1.82, 2.24) is 25.5 Å². The Morgan fingerprint density at radius 3 is 2.57 bits per heavy atom. The third-order valence-corrected chi connectivity index (χ3v) is 5.51. The Hall–Kier alpha value is -2.87. The lowest BCUT2D eigenvalue weighted by molar-refractivity contribution is -0.120. The van der Waals surface area contributed by atoms with E-state index in [0.29, 0.717) is 17.4 Å². The monoisotopic (exact) mass is 397 g/mol. The molecule has 0 aliphatic carbocycles. The number of tetrazole rings is 1. The second-order valence-electron chi connectivity index (χ2n) is 6.41. The lowest BCUT2D eigenvalue weighted by Crippen LogP contribution is -2.34. The van der Waals surface area contributed by atoms with Crippen LogP contribution in [0.3, 0.4) is 0 Å². The number of hydrogen-bond acceptors (Lipinski definition) is 6. The van der Waals surface area contributed by atoms with Crippen molar-refractivity contribution in [1.29, 1.82) is 0 Å². The maximum absolute atomic E-state index is 12.6. The molecular formula is C20H23N5O2S. The minimum atomic E-state index is -0.352. The van der Waals surface area contributed by atoms with Crippen LogP contribution in [0.5, 0.6) is 5.75 Å². The van der Waals surface area contributed by atoms with Gasteiger partial charge in [0.2, 0.25) is 11.1 Å². The summed E-state index contributed by atoms with van der Waals surface area (Å²) >= 11 is 1.29. The van der Waals surface area contributed by atoms with Gasteiger partial charge in [-0.05, 0) is 53.6 Å². The van der Waals surface area contributed by atoms with Gasteiger partial charge in [0.1, 0.15) is 5.75 Å². The van der Waals surface area contributed by atoms with E-state index >= 15 is 0 Å². The zero-order valence-corrected chi connectivity index (χ0v) is 16.6. The molecule has 7 nitrogen and oxygen atoms in total. The molecule has 1 heterocycles. The van der Waals surface area contributed by atoms with Crippen molar-refractivity contribution in [2.75, 3.05) is 6.54 Å². The van der Waals surface area contributed by atoms with Crippen molar-refractivity contribution in [2.45, 2.75) is 36.6 Å². The Labute approximate surface area is 168 Å². The Bertz CT molecular complexity index is 898. The van der Waals surface area contributed by atoms with Gasteiger partial charge in [0, 0.05) is 12.5 Å². The van der Waals surface area contributed by atoms with E-state index in [-0.39, 0.29) is 22.8 Å². The molecule has 0 saturated heterocycles. The van der Waals surface area contributed by atoms with Gasteiger partial charge in [-0.15, -0.1) is 5.10 Å². The molecule has 1 aromatic heterocycles. The number of carbonyl (C=O) groups is 1. The first-order valence-corrected chi connectivity index (χ1v) is 10.0. The molecule has 0 saturated carbocycles. The van der Waals surface area contributed by atoms with E-state index in [2.05, 4.69) is 39.9 Å². The highest BCUT2D eigenvalue weighted by Crippen LogP contribution is 2.24. The largest absolute Gasteiger partial charge is 0.508 e. The molecule has 1 amide bonds. The standard InChI is InChI=1S/C20H23N5O2S/c1-3-15(16-7-5-4-6-8-16)13-21-19(27)14(2)28-20-22-23-24-25(20)17-9-11-18(26)12-10-17/h4-12,14-15,26H,3,13H2,1-2H3,(H,21,27)/t14-,15+/m0/s1. The predicted molar refractivity (Wildman–Crippen MR) is 109 cm³/mol. The van der Waals surface area contributed by atoms with Gasteiger partial charge in [-0.1, -0.05) is 49.0 Å². The van der Waals surface area contributed by atoms with Crippen LogP contribution < -0.4 is 5.32 Å². The number of thioether (sulfide) groups is 1. The first kappa shape index (κ1) is 19.9. The molecular weight excluding hydrogens is 374 g/mol. The fourth-order valence-corrected chi connectivity index (χ4v) is 3.64. The van der Waals surface area contributed by atoms with E-state index in [1.807, 2.05) is 25.1 Å². The number of aromatic nitrogens is 4. The number of phenolic OH excluding ortho intramolecular Hbond substituents is 1. The van der Waals surface area contributed by atoms with Crippen LogP contribution in [0.4, 0.5) is 0 Å². The summed E-state index contributed by atoms with van der Waals surface area (Å²) in [6, 6.07) is 16.8. The number of nitrogens with zero attached hydrogens (tertiary/aromatic N) is 4. The molecule has 3 rings (SSSR count). The smallest absolute Gasteiger partial charge is 0.233 e. The summed E-state index contributed by atoms with van der Waals surface area (Å²) in [7, 11) is 0. The molecule has 0 aliphatic rings. The molecule has 0 spiro atoms. The lowest BCUT2D eigenvalue weighted by Gasteiger charge is -2.18. The maximum Gasteiger partial charge on any atom is 0.233 e. The summed E-state index contributed by atoms with van der Waals surface area (Å²) in [6.45, 7) is 4.54. The Balaban J connectivity index is 1.60. The van der Waals surface area contributed by atoms with E-state index in [0.717, 1.165) is 6.42 Å². The molecule has 2 atom stereocenters. The normalized spacial score (nSPS) is 13.1. The maximum atomic E-state index is 12.6. The molecule has 0 radical (unpaired) electrons. The summed E-state index contributed by atoms with van der Waals surface area (Å²) in [6.07, 6.45) is 0.949. The average molecular weight is 398 g/mol. The van der Waals surface area contributed by atoms with Crippen molar-refractivity contribution >= 4 is 17.7 Å². The first-order valence-electron chi connectivity index (χ1n) is 9.15. The summed E-state index contributed by atoms with van der Waals surface area (Å²) in [5.74, 6) is 0.395. The first-order chi connectivity index (χ1) is 13.6. The highest BCUT2D eigenvalue weighted by Gasteiger charge is 2.20. The number of nitrogens with one attached hydrogen (secondary N) is 1. The highest BCUT2D eigenvalue weighted by molar-refractivity contribution is 8.00. The minimum Gasteiger partial charge on any atom is -0.508 e. The van der Waals surface area contributed by atoms with Gasteiger partial charge in [0.15, 0.2) is 0 Å². The SMILES string of the molecule is CC[C@H](CNC(=O)[C@H](C)Sc1nnnn1-c1ccc(O)cc1)c1ccccc1. The molecule has 3 aromatic rings. The number of carbonyl (C=O) groups excluding carboxylic acids is 1. The second-order valence-corrected chi connectivity index (χ2v) is 7.72. The zero-order valence-electron chi connectivity index (χ0n) is 15.8. The fourth-order valence-electron chi connectivity index (χ4n) is 2.81. The van der Waals surface area contributed by atoms with E-state index in [4.69, 9.17) is 0 Å². The van der Waals surface area contributed by atoms with Crippen molar-refractivity contribution < 1.29 is 9.90 Å². The number of rotatable bonds is 8. The highest BCUT2D eigenvalue weighted by atomic mass is 32.2. The molecule has 0 unspecified atom stereocenters. The van der Waals surface area contributed by atoms with E-state index < -0.39 is 0 Å². The average Bonchev–Trinajstić information content (AvgIpc) is 3.17. The van der Waals surface area contributed by atoms with Crippen LogP contribution in [-0.2, 0) is 4.79 Å². The Morgan fingerprint density at radius 1 is 1.18 bits per heavy atom. The number of phenols is 1. The third kappa shape index (κ3) is 4.89. The summed E-state index contributed by atoms with van der Waals surface area (Å²) in [5.41, 5.74) is 1.94. The third-order valence-electron chi connectivity index (χ3n) is 4.47. The van der Waals surface area contributed by atoms with Gasteiger partial charge in [0.05, 0.1) is 10.9 Å². The van der Waals surface area contributed by atoms with Crippen molar-refractivity contribution in [2.24, 2.45) is 0 Å². The van der Waals surface area contributed by atoms with Crippen LogP contribution >= 0.6 is 11.8 Å². The van der Waals surface area contributed by atoms with Crippen LogP contribution in [0.15, 0.2) is 59.8 Å². The molecule has 2 aromatic carbocycles. The van der Waals surface area contributed by atoms with E-state index in [1.54, 1.807) is 28.9 Å².